The second kappa shape index (κ2) is 9.22. The van der Waals surface area contributed by atoms with E-state index in [1.807, 2.05) is 25.6 Å². The fourth-order valence-electron chi connectivity index (χ4n) is 2.74. The molecule has 1 heterocycles. The van der Waals surface area contributed by atoms with Crippen molar-refractivity contribution in [2.75, 3.05) is 20.1 Å². The molecule has 2 aromatic rings. The number of aliphatic imine (C=N–C) groups is 1. The number of hydrogen-bond acceptors (Lipinski definition) is 3. The van der Waals surface area contributed by atoms with Crippen molar-refractivity contribution in [2.24, 2.45) is 12.0 Å². The predicted octanol–water partition coefficient (Wildman–Crippen LogP) is 2.35. The second-order valence-corrected chi connectivity index (χ2v) is 6.26. The Bertz CT molecular complexity index is 756. The number of aryl methyl sites for hydroxylation is 2. The van der Waals surface area contributed by atoms with Gasteiger partial charge in [-0.3, -0.25) is 9.67 Å². The molecule has 6 nitrogen and oxygen atoms in total. The van der Waals surface area contributed by atoms with Gasteiger partial charge in [0.2, 0.25) is 0 Å². The van der Waals surface area contributed by atoms with Crippen LogP contribution >= 0.6 is 0 Å². The monoisotopic (exact) mass is 361 g/mol. The van der Waals surface area contributed by atoms with Crippen LogP contribution in [0.1, 0.15) is 23.9 Å². The van der Waals surface area contributed by atoms with Gasteiger partial charge in [-0.2, -0.15) is 5.10 Å². The van der Waals surface area contributed by atoms with E-state index in [2.05, 4.69) is 27.6 Å². The van der Waals surface area contributed by atoms with E-state index < -0.39 is 0 Å². The van der Waals surface area contributed by atoms with Crippen LogP contribution in [0.3, 0.4) is 0 Å². The highest BCUT2D eigenvalue weighted by atomic mass is 19.1. The van der Waals surface area contributed by atoms with Gasteiger partial charge >= 0.3 is 0 Å². The Labute approximate surface area is 154 Å². The van der Waals surface area contributed by atoms with Crippen molar-refractivity contribution in [1.82, 2.24) is 20.4 Å². The zero-order chi connectivity index (χ0) is 19.1. The van der Waals surface area contributed by atoms with Crippen molar-refractivity contribution in [3.8, 4) is 5.75 Å². The van der Waals surface area contributed by atoms with E-state index >= 15 is 0 Å². The molecule has 0 aliphatic rings. The third-order valence-electron chi connectivity index (χ3n) is 4.27. The first-order valence-corrected chi connectivity index (χ1v) is 8.77. The van der Waals surface area contributed by atoms with Crippen LogP contribution < -0.4 is 15.4 Å². The van der Waals surface area contributed by atoms with E-state index in [9.17, 15) is 4.39 Å². The summed E-state index contributed by atoms with van der Waals surface area (Å²) in [5, 5.41) is 10.9. The maximum absolute atomic E-state index is 13.6. The topological polar surface area (TPSA) is 63.5 Å². The second-order valence-electron chi connectivity index (χ2n) is 6.26. The fourth-order valence-corrected chi connectivity index (χ4v) is 2.74. The Kier molecular flexibility index (Phi) is 7.00. The number of hydrogen-bond donors (Lipinski definition) is 2. The van der Waals surface area contributed by atoms with Gasteiger partial charge in [0.05, 0.1) is 12.2 Å². The van der Waals surface area contributed by atoms with Gasteiger partial charge in [0.25, 0.3) is 0 Å². The number of nitrogens with zero attached hydrogens (tertiary/aromatic N) is 3. The fraction of sp³-hybridized carbons (Fsp3) is 0.474. The number of halogens is 1. The zero-order valence-electron chi connectivity index (χ0n) is 16.1. The minimum atomic E-state index is -0.357. The van der Waals surface area contributed by atoms with Crippen LogP contribution in [0.5, 0.6) is 5.75 Å². The third kappa shape index (κ3) is 5.21. The van der Waals surface area contributed by atoms with Crippen LogP contribution in [-0.4, -0.2) is 42.0 Å². The molecule has 0 saturated carbocycles. The summed E-state index contributed by atoms with van der Waals surface area (Å²) < 4.78 is 21.1. The molecule has 0 bridgehead atoms. The van der Waals surface area contributed by atoms with Crippen molar-refractivity contribution in [2.45, 2.75) is 33.3 Å². The van der Waals surface area contributed by atoms with Crippen molar-refractivity contribution < 1.29 is 9.13 Å². The molecule has 142 valence electrons. The van der Waals surface area contributed by atoms with Crippen LogP contribution in [0.2, 0.25) is 0 Å². The average molecular weight is 361 g/mol. The first kappa shape index (κ1) is 19.8. The number of benzene rings is 1. The smallest absolute Gasteiger partial charge is 0.191 e. The Morgan fingerprint density at radius 2 is 2.04 bits per heavy atom. The summed E-state index contributed by atoms with van der Waals surface area (Å²) in [6.07, 6.45) is 0.668. The molecule has 0 amide bonds. The standard InChI is InChI=1S/C19H28FN5O/c1-13(26-18-9-7-6-8-17(18)20)12-23-19(21-4)22-11-10-16-14(2)24-25(5)15(16)3/h6-9,13H,10-12H2,1-5H3,(H2,21,22,23). The number of nitrogens with one attached hydrogen (secondary N) is 2. The molecule has 0 saturated heterocycles. The van der Waals surface area contributed by atoms with Crippen LogP contribution in [-0.2, 0) is 13.5 Å². The summed E-state index contributed by atoms with van der Waals surface area (Å²) >= 11 is 0. The highest BCUT2D eigenvalue weighted by Crippen LogP contribution is 2.16. The average Bonchev–Trinajstić information content (AvgIpc) is 2.85. The molecule has 1 unspecified atom stereocenters. The number of guanidine groups is 1. The van der Waals surface area contributed by atoms with Crippen molar-refractivity contribution in [3.05, 3.63) is 47.0 Å². The highest BCUT2D eigenvalue weighted by Gasteiger charge is 2.11. The van der Waals surface area contributed by atoms with Crippen molar-refractivity contribution >= 4 is 5.96 Å². The maximum atomic E-state index is 13.6. The van der Waals surface area contributed by atoms with E-state index in [-0.39, 0.29) is 17.7 Å². The van der Waals surface area contributed by atoms with Gasteiger partial charge in [-0.15, -0.1) is 0 Å². The van der Waals surface area contributed by atoms with Crippen LogP contribution in [0, 0.1) is 19.7 Å². The number of para-hydroxylation sites is 1. The SMILES string of the molecule is CN=C(NCCc1c(C)nn(C)c1C)NCC(C)Oc1ccccc1F. The van der Waals surface area contributed by atoms with Crippen molar-refractivity contribution in [3.63, 3.8) is 0 Å². The molecule has 1 atom stereocenters. The molecule has 2 rings (SSSR count). The maximum Gasteiger partial charge on any atom is 0.191 e. The minimum absolute atomic E-state index is 0.201. The molecule has 2 N–H and O–H groups in total. The summed E-state index contributed by atoms with van der Waals surface area (Å²) in [6.45, 7) is 7.24. The first-order chi connectivity index (χ1) is 12.4. The lowest BCUT2D eigenvalue weighted by atomic mass is 10.1. The summed E-state index contributed by atoms with van der Waals surface area (Å²) in [5.41, 5.74) is 3.49. The first-order valence-electron chi connectivity index (χ1n) is 8.77. The van der Waals surface area contributed by atoms with Crippen LogP contribution in [0.4, 0.5) is 4.39 Å². The lowest BCUT2D eigenvalue weighted by Gasteiger charge is -2.18. The summed E-state index contributed by atoms with van der Waals surface area (Å²) in [5.74, 6) is 0.588. The number of rotatable bonds is 7. The predicted molar refractivity (Wildman–Crippen MR) is 102 cm³/mol. The lowest BCUT2D eigenvalue weighted by Crippen LogP contribution is -2.42. The summed E-state index contributed by atoms with van der Waals surface area (Å²) in [6, 6.07) is 6.40. The Morgan fingerprint density at radius 3 is 2.65 bits per heavy atom. The molecule has 7 heteroatoms. The van der Waals surface area contributed by atoms with Gasteiger partial charge < -0.3 is 15.4 Å². The normalized spacial score (nSPS) is 12.8. The largest absolute Gasteiger partial charge is 0.486 e. The molecule has 0 radical (unpaired) electrons. The van der Waals surface area contributed by atoms with Crippen LogP contribution in [0.15, 0.2) is 29.3 Å². The molecule has 0 aliphatic carbocycles. The van der Waals surface area contributed by atoms with E-state index in [4.69, 9.17) is 4.74 Å². The molecular formula is C19H28FN5O. The molecule has 1 aromatic heterocycles. The summed E-state index contributed by atoms with van der Waals surface area (Å²) in [4.78, 5) is 4.21. The Balaban J connectivity index is 1.78. The molecule has 1 aromatic carbocycles. The third-order valence-corrected chi connectivity index (χ3v) is 4.27. The minimum Gasteiger partial charge on any atom is -0.486 e. The molecule has 0 aliphatic heterocycles. The van der Waals surface area contributed by atoms with E-state index in [1.165, 1.54) is 17.3 Å². The Morgan fingerprint density at radius 1 is 1.31 bits per heavy atom. The number of ether oxygens (including phenoxy) is 1. The van der Waals surface area contributed by atoms with Gasteiger partial charge in [-0.05, 0) is 44.9 Å². The van der Waals surface area contributed by atoms with Crippen LogP contribution in [0.25, 0.3) is 0 Å². The van der Waals surface area contributed by atoms with Gasteiger partial charge in [0, 0.05) is 26.3 Å². The molecule has 0 spiro atoms. The molecular weight excluding hydrogens is 333 g/mol. The highest BCUT2D eigenvalue weighted by molar-refractivity contribution is 5.79. The van der Waals surface area contributed by atoms with Gasteiger partial charge in [-0.1, -0.05) is 12.1 Å². The number of aromatic nitrogens is 2. The lowest BCUT2D eigenvalue weighted by molar-refractivity contribution is 0.214. The van der Waals surface area contributed by atoms with Gasteiger partial charge in [0.15, 0.2) is 17.5 Å². The summed E-state index contributed by atoms with van der Waals surface area (Å²) in [7, 11) is 3.68. The zero-order valence-corrected chi connectivity index (χ0v) is 16.1. The molecule has 26 heavy (non-hydrogen) atoms. The quantitative estimate of drug-likeness (QED) is 0.587. The van der Waals surface area contributed by atoms with Crippen molar-refractivity contribution in [1.29, 1.82) is 0 Å². The van der Waals surface area contributed by atoms with E-state index in [0.717, 1.165) is 18.7 Å². The van der Waals surface area contributed by atoms with Gasteiger partial charge in [-0.25, -0.2) is 4.39 Å². The molecule has 0 fully saturated rings. The van der Waals surface area contributed by atoms with E-state index in [1.54, 1.807) is 25.2 Å². The Hall–Kier alpha value is -2.57. The van der Waals surface area contributed by atoms with E-state index in [0.29, 0.717) is 12.5 Å². The van der Waals surface area contributed by atoms with Gasteiger partial charge in [0.1, 0.15) is 6.10 Å².